The predicted octanol–water partition coefficient (Wildman–Crippen LogP) is 4.41. The summed E-state index contributed by atoms with van der Waals surface area (Å²) in [6, 6.07) is 0. The molecule has 0 aromatic rings. The van der Waals surface area contributed by atoms with E-state index in [1.807, 2.05) is 0 Å². The molecule has 0 saturated carbocycles. The molecule has 0 nitrogen and oxygen atoms in total. The van der Waals surface area contributed by atoms with Crippen LogP contribution in [-0.4, -0.2) is 8.76 Å². The van der Waals surface area contributed by atoms with Gasteiger partial charge in [0.15, 0.2) is 0 Å². The zero-order valence-corrected chi connectivity index (χ0v) is 13.5. The third-order valence-electron chi connectivity index (χ3n) is 0. The zero-order chi connectivity index (χ0) is 8.08. The summed E-state index contributed by atoms with van der Waals surface area (Å²) >= 11 is 11.8. The van der Waals surface area contributed by atoms with Gasteiger partial charge in [-0.05, 0) is 0 Å². The predicted molar refractivity (Wildman–Crippen MR) is 69.9 cm³/mol. The van der Waals surface area contributed by atoms with Crippen molar-refractivity contribution in [3.8, 4) is 0 Å². The molecule has 0 aliphatic rings. The highest BCUT2D eigenvalue weighted by Crippen LogP contribution is 2.08. The summed E-state index contributed by atoms with van der Waals surface area (Å²) in [5, 5.41) is 0. The Kier molecular flexibility index (Phi) is 11.1. The first-order valence-corrected chi connectivity index (χ1v) is 11.7. The first-order valence-electron chi connectivity index (χ1n) is 2.34. The Morgan fingerprint density at radius 2 is 1.11 bits per heavy atom. The van der Waals surface area contributed by atoms with Crippen molar-refractivity contribution in [2.24, 2.45) is 0 Å². The molecule has 0 fully saturated rings. The molecule has 0 bridgehead atoms. The standard InChI is InChI=1S/C3H9ISi.BBr3/c1-5(2,3)4;2-1(3)4/h1-3H3;. The van der Waals surface area contributed by atoms with Crippen molar-refractivity contribution in [1.82, 2.24) is 0 Å². The molecular weight excluding hydrogens is 442 g/mol. The number of rotatable bonds is 0. The average Bonchev–Trinajstić information content (AvgIpc) is 1.19. The van der Waals surface area contributed by atoms with E-state index in [9.17, 15) is 0 Å². The minimum Gasteiger partial charge on any atom is -0.123 e. The normalized spacial score (nSPS) is 9.67. The van der Waals surface area contributed by atoms with Crippen LogP contribution in [0.15, 0.2) is 0 Å². The quantitative estimate of drug-likeness (QED) is 0.291. The van der Waals surface area contributed by atoms with Crippen LogP contribution < -0.4 is 0 Å². The van der Waals surface area contributed by atoms with Gasteiger partial charge < -0.3 is 0 Å². The highest BCUT2D eigenvalue weighted by molar-refractivity contribution is 14.1. The van der Waals surface area contributed by atoms with Crippen molar-refractivity contribution in [3.63, 3.8) is 0 Å². The molecule has 6 heteroatoms. The molecule has 0 aromatic carbocycles. The van der Waals surface area contributed by atoms with Crippen LogP contribution in [0.5, 0.6) is 0 Å². The topological polar surface area (TPSA) is 0 Å². The van der Waals surface area contributed by atoms with Crippen molar-refractivity contribution in [2.75, 3.05) is 0 Å². The molecule has 56 valence electrons. The minimum atomic E-state index is -0.641. The second-order valence-electron chi connectivity index (χ2n) is 2.31. The Morgan fingerprint density at radius 3 is 1.11 bits per heavy atom. The molecule has 0 N–H and O–H groups in total. The summed E-state index contributed by atoms with van der Waals surface area (Å²) in [7, 11) is 0. The van der Waals surface area contributed by atoms with Gasteiger partial charge in [0.1, 0.15) is 5.57 Å². The molecule has 0 rings (SSSR count). The Morgan fingerprint density at radius 1 is 1.11 bits per heavy atom. The number of halogens is 4. The van der Waals surface area contributed by atoms with Crippen LogP contribution in [0.1, 0.15) is 0 Å². The van der Waals surface area contributed by atoms with Gasteiger partial charge >= 0.3 is 3.18 Å². The first kappa shape index (κ1) is 14.0. The summed E-state index contributed by atoms with van der Waals surface area (Å²) < 4.78 is 0.271. The lowest BCUT2D eigenvalue weighted by Gasteiger charge is -1.98. The number of hydrogen-bond donors (Lipinski definition) is 0. The molecule has 0 amide bonds. The third-order valence-corrected chi connectivity index (χ3v) is 0. The molecule has 9 heavy (non-hydrogen) atoms. The lowest BCUT2D eigenvalue weighted by atomic mass is 10.8. The van der Waals surface area contributed by atoms with Crippen LogP contribution >= 0.6 is 69.1 Å². The van der Waals surface area contributed by atoms with E-state index in [0.29, 0.717) is 0 Å². The van der Waals surface area contributed by atoms with Crippen LogP contribution in [-0.2, 0) is 0 Å². The molecule has 0 aliphatic heterocycles. The summed E-state index contributed by atoms with van der Waals surface area (Å²) in [5.41, 5.74) is -0.641. The average molecular weight is 451 g/mol. The van der Waals surface area contributed by atoms with Gasteiger partial charge in [-0.3, -0.25) is 0 Å². The molecule has 0 spiro atoms. The van der Waals surface area contributed by atoms with Gasteiger partial charge in [-0.2, -0.15) is 0 Å². The van der Waals surface area contributed by atoms with Crippen LogP contribution in [0.3, 0.4) is 0 Å². The van der Waals surface area contributed by atoms with E-state index in [2.05, 4.69) is 88.7 Å². The van der Waals surface area contributed by atoms with Crippen LogP contribution in [0.25, 0.3) is 0 Å². The van der Waals surface area contributed by atoms with Crippen molar-refractivity contribution in [2.45, 2.75) is 19.6 Å². The Bertz CT molecular complexity index is 55.8. The lowest BCUT2D eigenvalue weighted by molar-refractivity contribution is 1.90. The smallest absolute Gasteiger partial charge is 0.123 e. The van der Waals surface area contributed by atoms with Gasteiger partial charge in [-0.15, -0.1) is 69.1 Å². The van der Waals surface area contributed by atoms with E-state index in [-0.39, 0.29) is 3.18 Å². The highest BCUT2D eigenvalue weighted by atomic mass is 127. The van der Waals surface area contributed by atoms with Gasteiger partial charge in [-0.25, -0.2) is 0 Å². The van der Waals surface area contributed by atoms with Crippen molar-refractivity contribution >= 4 is 77.8 Å². The minimum absolute atomic E-state index is 0.271. The molecular formula is C3H9BBr3ISi. The molecule has 0 heterocycles. The van der Waals surface area contributed by atoms with Gasteiger partial charge in [0, 0.05) is 0 Å². The van der Waals surface area contributed by atoms with Crippen molar-refractivity contribution in [3.05, 3.63) is 0 Å². The maximum Gasteiger partial charge on any atom is 0.369 e. The lowest BCUT2D eigenvalue weighted by Crippen LogP contribution is -2.05. The summed E-state index contributed by atoms with van der Waals surface area (Å²) in [4.78, 5) is 0. The SMILES string of the molecule is BrB(Br)Br.C[Si](C)(C)I. The first-order chi connectivity index (χ1) is 3.73. The Hall–Kier alpha value is 2.45. The van der Waals surface area contributed by atoms with Gasteiger partial charge in [0.25, 0.3) is 0 Å². The maximum atomic E-state index is 3.10. The van der Waals surface area contributed by atoms with Gasteiger partial charge in [0.05, 0.1) is 0 Å². The summed E-state index contributed by atoms with van der Waals surface area (Å²) in [5.74, 6) is 0. The summed E-state index contributed by atoms with van der Waals surface area (Å²) in [6.45, 7) is 6.94. The third kappa shape index (κ3) is 124. The molecule has 0 radical (unpaired) electrons. The second kappa shape index (κ2) is 7.12. The molecule has 0 unspecified atom stereocenters. The van der Waals surface area contributed by atoms with E-state index in [1.165, 1.54) is 0 Å². The fraction of sp³-hybridized carbons (Fsp3) is 1.00. The molecule has 0 saturated heterocycles. The summed E-state index contributed by atoms with van der Waals surface area (Å²) in [6.07, 6.45) is 0. The largest absolute Gasteiger partial charge is 0.369 e. The van der Waals surface area contributed by atoms with Gasteiger partial charge in [-0.1, -0.05) is 19.6 Å². The van der Waals surface area contributed by atoms with E-state index in [1.54, 1.807) is 0 Å². The van der Waals surface area contributed by atoms with Gasteiger partial charge in [0.2, 0.25) is 0 Å². The fourth-order valence-corrected chi connectivity index (χ4v) is 0. The van der Waals surface area contributed by atoms with E-state index in [4.69, 9.17) is 0 Å². The van der Waals surface area contributed by atoms with Crippen LogP contribution in [0.2, 0.25) is 19.6 Å². The fourth-order valence-electron chi connectivity index (χ4n) is 0. The van der Waals surface area contributed by atoms with Crippen molar-refractivity contribution < 1.29 is 0 Å². The van der Waals surface area contributed by atoms with Crippen LogP contribution in [0.4, 0.5) is 0 Å². The Balaban J connectivity index is 0. The highest BCUT2D eigenvalue weighted by Gasteiger charge is 2.02. The molecule has 0 aliphatic carbocycles. The monoisotopic (exact) mass is 448 g/mol. The van der Waals surface area contributed by atoms with E-state index >= 15 is 0 Å². The van der Waals surface area contributed by atoms with E-state index in [0.717, 1.165) is 0 Å². The zero-order valence-electron chi connectivity index (χ0n) is 5.59. The molecule has 0 atom stereocenters. The van der Waals surface area contributed by atoms with Crippen LogP contribution in [0, 0.1) is 0 Å². The maximum absolute atomic E-state index is 3.10. The Labute approximate surface area is 96.1 Å². The second-order valence-corrected chi connectivity index (χ2v) is 22.6. The van der Waals surface area contributed by atoms with E-state index < -0.39 is 5.57 Å². The van der Waals surface area contributed by atoms with Crippen molar-refractivity contribution in [1.29, 1.82) is 0 Å². The molecule has 0 aromatic heterocycles. The number of hydrogen-bond acceptors (Lipinski definition) is 0.